The summed E-state index contributed by atoms with van der Waals surface area (Å²) in [6.07, 6.45) is -4.44. The number of alkyl halides is 3. The van der Waals surface area contributed by atoms with Crippen LogP contribution in [-0.2, 0) is 17.5 Å². The van der Waals surface area contributed by atoms with Gasteiger partial charge >= 0.3 is 12.2 Å². The van der Waals surface area contributed by atoms with E-state index in [-0.39, 0.29) is 6.54 Å². The summed E-state index contributed by atoms with van der Waals surface area (Å²) in [6.45, 7) is 3.02. The summed E-state index contributed by atoms with van der Waals surface area (Å²) in [7, 11) is 0. The highest BCUT2D eigenvalue weighted by Crippen LogP contribution is 2.30. The molecule has 0 spiro atoms. The van der Waals surface area contributed by atoms with Crippen LogP contribution in [-0.4, -0.2) is 22.4 Å². The molecule has 1 aliphatic rings. The number of halogens is 3. The standard InChI is InChI=1S/C13H13F3N2O2/c1-12(2)10(19)17-11(20)18(12)7-8-4-3-5-9(6-8)13(14,15)16/h3-6H,7H2,1-2H3,(H,17,19,20). The molecule has 0 bridgehead atoms. The lowest BCUT2D eigenvalue weighted by molar-refractivity contribution is -0.137. The molecule has 0 saturated carbocycles. The highest BCUT2D eigenvalue weighted by atomic mass is 19.4. The average molecular weight is 286 g/mol. The molecule has 2 rings (SSSR count). The van der Waals surface area contributed by atoms with E-state index in [9.17, 15) is 22.8 Å². The van der Waals surface area contributed by atoms with Crippen LogP contribution in [0.1, 0.15) is 25.0 Å². The maximum absolute atomic E-state index is 12.6. The van der Waals surface area contributed by atoms with Crippen LogP contribution in [0.5, 0.6) is 0 Å². The molecule has 1 aromatic carbocycles. The molecule has 1 aromatic rings. The van der Waals surface area contributed by atoms with Gasteiger partial charge in [0.05, 0.1) is 5.56 Å². The number of benzene rings is 1. The molecule has 0 radical (unpaired) electrons. The second-order valence-electron chi connectivity index (χ2n) is 5.10. The molecule has 1 N–H and O–H groups in total. The van der Waals surface area contributed by atoms with Gasteiger partial charge in [0.1, 0.15) is 5.54 Å². The number of urea groups is 1. The van der Waals surface area contributed by atoms with E-state index in [0.29, 0.717) is 5.56 Å². The third-order valence-electron chi connectivity index (χ3n) is 3.29. The number of hydrogen-bond acceptors (Lipinski definition) is 2. The van der Waals surface area contributed by atoms with E-state index in [1.165, 1.54) is 17.0 Å². The van der Waals surface area contributed by atoms with Gasteiger partial charge < -0.3 is 4.90 Å². The zero-order valence-corrected chi connectivity index (χ0v) is 10.9. The van der Waals surface area contributed by atoms with Crippen molar-refractivity contribution in [3.05, 3.63) is 35.4 Å². The molecule has 0 aromatic heterocycles. The van der Waals surface area contributed by atoms with E-state index < -0.39 is 29.2 Å². The van der Waals surface area contributed by atoms with E-state index in [0.717, 1.165) is 12.1 Å². The molecule has 0 unspecified atom stereocenters. The number of carbonyl (C=O) groups excluding carboxylic acids is 2. The van der Waals surface area contributed by atoms with E-state index in [1.54, 1.807) is 13.8 Å². The van der Waals surface area contributed by atoms with Crippen molar-refractivity contribution in [3.8, 4) is 0 Å². The molecular formula is C13H13F3N2O2. The Kier molecular flexibility index (Phi) is 3.23. The first-order valence-electron chi connectivity index (χ1n) is 5.91. The summed E-state index contributed by atoms with van der Waals surface area (Å²) >= 11 is 0. The largest absolute Gasteiger partial charge is 0.416 e. The Balaban J connectivity index is 2.27. The van der Waals surface area contributed by atoms with Crippen LogP contribution in [0.25, 0.3) is 0 Å². The Morgan fingerprint density at radius 2 is 1.90 bits per heavy atom. The maximum Gasteiger partial charge on any atom is 0.416 e. The van der Waals surface area contributed by atoms with Gasteiger partial charge in [-0.15, -0.1) is 0 Å². The number of hydrogen-bond donors (Lipinski definition) is 1. The van der Waals surface area contributed by atoms with Crippen LogP contribution in [0.2, 0.25) is 0 Å². The monoisotopic (exact) mass is 286 g/mol. The second-order valence-corrected chi connectivity index (χ2v) is 5.10. The molecule has 7 heteroatoms. The van der Waals surface area contributed by atoms with Crippen molar-refractivity contribution in [3.63, 3.8) is 0 Å². The summed E-state index contributed by atoms with van der Waals surface area (Å²) in [5, 5.41) is 2.15. The summed E-state index contributed by atoms with van der Waals surface area (Å²) in [5.74, 6) is -0.463. The van der Waals surface area contributed by atoms with Crippen molar-refractivity contribution in [1.82, 2.24) is 10.2 Å². The fourth-order valence-electron chi connectivity index (χ4n) is 1.99. The van der Waals surface area contributed by atoms with E-state index in [1.807, 2.05) is 0 Å². The molecule has 1 fully saturated rings. The van der Waals surface area contributed by atoms with Crippen LogP contribution in [0.3, 0.4) is 0 Å². The Hall–Kier alpha value is -2.05. The Labute approximate surface area is 113 Å². The van der Waals surface area contributed by atoms with Crippen LogP contribution in [0, 0.1) is 0 Å². The highest BCUT2D eigenvalue weighted by molar-refractivity contribution is 6.06. The molecule has 1 saturated heterocycles. The average Bonchev–Trinajstić information content (AvgIpc) is 2.52. The maximum atomic E-state index is 12.6. The molecule has 4 nitrogen and oxygen atoms in total. The predicted octanol–water partition coefficient (Wildman–Crippen LogP) is 2.54. The van der Waals surface area contributed by atoms with Crippen molar-refractivity contribution in [2.45, 2.75) is 32.1 Å². The number of imide groups is 1. The number of amides is 3. The zero-order chi connectivity index (χ0) is 15.1. The van der Waals surface area contributed by atoms with Gasteiger partial charge in [0.25, 0.3) is 5.91 Å². The summed E-state index contributed by atoms with van der Waals surface area (Å²) in [6, 6.07) is 4.11. The smallest absolute Gasteiger partial charge is 0.306 e. The van der Waals surface area contributed by atoms with E-state index >= 15 is 0 Å². The fraction of sp³-hybridized carbons (Fsp3) is 0.385. The van der Waals surface area contributed by atoms with E-state index in [2.05, 4.69) is 5.32 Å². The van der Waals surface area contributed by atoms with Crippen molar-refractivity contribution in [2.75, 3.05) is 0 Å². The fourth-order valence-corrected chi connectivity index (χ4v) is 1.99. The molecule has 1 heterocycles. The lowest BCUT2D eigenvalue weighted by atomic mass is 10.0. The van der Waals surface area contributed by atoms with Crippen molar-refractivity contribution in [1.29, 1.82) is 0 Å². The molecular weight excluding hydrogens is 273 g/mol. The number of nitrogens with zero attached hydrogens (tertiary/aromatic N) is 1. The van der Waals surface area contributed by atoms with Crippen molar-refractivity contribution >= 4 is 11.9 Å². The van der Waals surface area contributed by atoms with Gasteiger partial charge in [-0.25, -0.2) is 4.79 Å². The molecule has 0 atom stereocenters. The SMILES string of the molecule is CC1(C)C(=O)NC(=O)N1Cc1cccc(C(F)(F)F)c1. The van der Waals surface area contributed by atoms with Crippen molar-refractivity contribution < 1.29 is 22.8 Å². The minimum Gasteiger partial charge on any atom is -0.306 e. The van der Waals surface area contributed by atoms with Gasteiger partial charge in [-0.05, 0) is 31.5 Å². The molecule has 0 aliphatic carbocycles. The molecule has 3 amide bonds. The lowest BCUT2D eigenvalue weighted by Crippen LogP contribution is -2.43. The van der Waals surface area contributed by atoms with Crippen LogP contribution in [0.4, 0.5) is 18.0 Å². The minimum atomic E-state index is -4.44. The summed E-state index contributed by atoms with van der Waals surface area (Å²) < 4.78 is 37.9. The van der Waals surface area contributed by atoms with Gasteiger partial charge in [-0.3, -0.25) is 10.1 Å². The van der Waals surface area contributed by atoms with Crippen LogP contribution >= 0.6 is 0 Å². The van der Waals surface area contributed by atoms with Crippen LogP contribution < -0.4 is 5.32 Å². The molecule has 108 valence electrons. The predicted molar refractivity (Wildman–Crippen MR) is 64.6 cm³/mol. The lowest BCUT2D eigenvalue weighted by Gasteiger charge is -2.28. The topological polar surface area (TPSA) is 49.4 Å². The van der Waals surface area contributed by atoms with Gasteiger partial charge in [0.2, 0.25) is 0 Å². The zero-order valence-electron chi connectivity index (χ0n) is 10.9. The Bertz CT molecular complexity index is 567. The number of rotatable bonds is 2. The first-order chi connectivity index (χ1) is 9.12. The van der Waals surface area contributed by atoms with Crippen LogP contribution in [0.15, 0.2) is 24.3 Å². The molecule has 20 heavy (non-hydrogen) atoms. The van der Waals surface area contributed by atoms with Gasteiger partial charge in [-0.1, -0.05) is 12.1 Å². The summed E-state index contributed by atoms with van der Waals surface area (Å²) in [5.41, 5.74) is -1.54. The van der Waals surface area contributed by atoms with Crippen molar-refractivity contribution in [2.24, 2.45) is 0 Å². The first kappa shape index (κ1) is 14.4. The quantitative estimate of drug-likeness (QED) is 0.849. The minimum absolute atomic E-state index is 0.0610. The first-order valence-corrected chi connectivity index (χ1v) is 5.91. The Morgan fingerprint density at radius 1 is 1.25 bits per heavy atom. The third kappa shape index (κ3) is 2.48. The molecule has 1 aliphatic heterocycles. The second kappa shape index (κ2) is 4.50. The number of carbonyl (C=O) groups is 2. The van der Waals surface area contributed by atoms with Gasteiger partial charge in [0, 0.05) is 6.54 Å². The van der Waals surface area contributed by atoms with E-state index in [4.69, 9.17) is 0 Å². The Morgan fingerprint density at radius 3 is 2.40 bits per heavy atom. The van der Waals surface area contributed by atoms with Gasteiger partial charge in [0.15, 0.2) is 0 Å². The van der Waals surface area contributed by atoms with Gasteiger partial charge in [-0.2, -0.15) is 13.2 Å². The normalized spacial score (nSPS) is 18.4. The summed E-state index contributed by atoms with van der Waals surface area (Å²) in [4.78, 5) is 24.5. The number of nitrogens with one attached hydrogen (secondary N) is 1. The highest BCUT2D eigenvalue weighted by Gasteiger charge is 2.45. The third-order valence-corrected chi connectivity index (χ3v) is 3.29.